The van der Waals surface area contributed by atoms with E-state index in [2.05, 4.69) is 6.92 Å². The molecule has 0 aromatic heterocycles. The predicted molar refractivity (Wildman–Crippen MR) is 67.4 cm³/mol. The van der Waals surface area contributed by atoms with Gasteiger partial charge in [-0.25, -0.2) is 4.39 Å². The molecule has 0 saturated heterocycles. The van der Waals surface area contributed by atoms with Gasteiger partial charge in [0.15, 0.2) is 0 Å². The van der Waals surface area contributed by atoms with Crippen LogP contribution in [-0.2, 0) is 6.42 Å². The molecule has 0 radical (unpaired) electrons. The van der Waals surface area contributed by atoms with Crippen LogP contribution in [-0.4, -0.2) is 10.7 Å². The molecule has 0 bridgehead atoms. The van der Waals surface area contributed by atoms with E-state index in [9.17, 15) is 9.50 Å². The minimum absolute atomic E-state index is 0.209. The topological polar surface area (TPSA) is 20.2 Å². The molecule has 17 heavy (non-hydrogen) atoms. The minimum atomic E-state index is -0.612. The fourth-order valence-electron chi connectivity index (χ4n) is 2.91. The molecule has 1 saturated carbocycles. The number of hydrogen-bond donors (Lipinski definition) is 1. The Morgan fingerprint density at radius 1 is 1.47 bits per heavy atom. The van der Waals surface area contributed by atoms with Crippen molar-refractivity contribution in [2.75, 3.05) is 0 Å². The summed E-state index contributed by atoms with van der Waals surface area (Å²) in [5.74, 6) is 0.424. The van der Waals surface area contributed by atoms with Gasteiger partial charge in [0.1, 0.15) is 5.82 Å². The average Bonchev–Trinajstić information content (AvgIpc) is 2.66. The normalized spacial score (nSPS) is 28.6. The van der Waals surface area contributed by atoms with Crippen molar-refractivity contribution in [3.8, 4) is 0 Å². The highest BCUT2D eigenvalue weighted by Gasteiger charge is 2.36. The Labute approximate surface area is 103 Å². The molecule has 0 spiro atoms. The maximum Gasteiger partial charge on any atom is 0.123 e. The summed E-state index contributed by atoms with van der Waals surface area (Å²) in [6.45, 7) is 4.15. The molecule has 1 fully saturated rings. The quantitative estimate of drug-likeness (QED) is 0.850. The molecule has 2 atom stereocenters. The van der Waals surface area contributed by atoms with Gasteiger partial charge in [-0.1, -0.05) is 19.4 Å². The van der Waals surface area contributed by atoms with Crippen LogP contribution < -0.4 is 0 Å². The van der Waals surface area contributed by atoms with E-state index >= 15 is 0 Å². The van der Waals surface area contributed by atoms with Gasteiger partial charge in [-0.15, -0.1) is 0 Å². The van der Waals surface area contributed by atoms with E-state index in [4.69, 9.17) is 0 Å². The number of benzene rings is 1. The summed E-state index contributed by atoms with van der Waals surface area (Å²) in [6.07, 6.45) is 4.53. The first-order valence-electron chi connectivity index (χ1n) is 6.50. The average molecular weight is 236 g/mol. The maximum atomic E-state index is 13.2. The highest BCUT2D eigenvalue weighted by atomic mass is 19.1. The van der Waals surface area contributed by atoms with Gasteiger partial charge in [0.05, 0.1) is 5.60 Å². The van der Waals surface area contributed by atoms with Crippen molar-refractivity contribution < 1.29 is 9.50 Å². The monoisotopic (exact) mass is 236 g/mol. The second-order valence-electron chi connectivity index (χ2n) is 5.49. The van der Waals surface area contributed by atoms with E-state index in [0.717, 1.165) is 36.8 Å². The van der Waals surface area contributed by atoms with Crippen LogP contribution in [0.4, 0.5) is 4.39 Å². The van der Waals surface area contributed by atoms with Gasteiger partial charge in [-0.3, -0.25) is 0 Å². The predicted octanol–water partition coefficient (Wildman–Crippen LogP) is 3.62. The summed E-state index contributed by atoms with van der Waals surface area (Å²) in [6, 6.07) is 4.83. The highest BCUT2D eigenvalue weighted by molar-refractivity contribution is 5.28. The summed E-state index contributed by atoms with van der Waals surface area (Å²) >= 11 is 0. The Hall–Kier alpha value is -0.890. The third-order valence-electron chi connectivity index (χ3n) is 4.09. The lowest BCUT2D eigenvalue weighted by atomic mass is 9.89. The molecular formula is C15H21FO. The first-order valence-corrected chi connectivity index (χ1v) is 6.50. The van der Waals surface area contributed by atoms with Crippen LogP contribution >= 0.6 is 0 Å². The van der Waals surface area contributed by atoms with Crippen LogP contribution in [0.25, 0.3) is 0 Å². The van der Waals surface area contributed by atoms with Gasteiger partial charge in [0, 0.05) is 6.42 Å². The SMILES string of the molecule is CCC1CCC(O)(Cc2cc(F)ccc2C)C1. The van der Waals surface area contributed by atoms with E-state index in [1.54, 1.807) is 12.1 Å². The Morgan fingerprint density at radius 3 is 2.88 bits per heavy atom. The number of rotatable bonds is 3. The van der Waals surface area contributed by atoms with Crippen LogP contribution in [0.1, 0.15) is 43.7 Å². The molecule has 1 aromatic rings. The fourth-order valence-corrected chi connectivity index (χ4v) is 2.91. The van der Waals surface area contributed by atoms with Crippen LogP contribution in [0.2, 0.25) is 0 Å². The Balaban J connectivity index is 2.13. The molecule has 1 nitrogen and oxygen atoms in total. The zero-order valence-corrected chi connectivity index (χ0v) is 10.7. The number of hydrogen-bond acceptors (Lipinski definition) is 1. The number of halogens is 1. The van der Waals surface area contributed by atoms with Crippen molar-refractivity contribution in [3.05, 3.63) is 35.1 Å². The molecule has 1 aliphatic rings. The highest BCUT2D eigenvalue weighted by Crippen LogP contribution is 2.38. The number of aliphatic hydroxyl groups is 1. The van der Waals surface area contributed by atoms with E-state index < -0.39 is 5.60 Å². The van der Waals surface area contributed by atoms with Crippen molar-refractivity contribution in [2.45, 2.75) is 51.6 Å². The zero-order chi connectivity index (χ0) is 12.5. The van der Waals surface area contributed by atoms with Crippen molar-refractivity contribution in [2.24, 2.45) is 5.92 Å². The van der Waals surface area contributed by atoms with Gasteiger partial charge in [-0.2, -0.15) is 0 Å². The van der Waals surface area contributed by atoms with Crippen LogP contribution in [0.5, 0.6) is 0 Å². The molecule has 0 amide bonds. The Kier molecular flexibility index (Phi) is 3.53. The van der Waals surface area contributed by atoms with E-state index in [1.807, 2.05) is 6.92 Å². The summed E-state index contributed by atoms with van der Waals surface area (Å²) in [7, 11) is 0. The lowest BCUT2D eigenvalue weighted by molar-refractivity contribution is 0.0435. The van der Waals surface area contributed by atoms with Gasteiger partial charge < -0.3 is 5.11 Å². The second-order valence-corrected chi connectivity index (χ2v) is 5.49. The third kappa shape index (κ3) is 2.86. The molecule has 94 valence electrons. The molecule has 0 heterocycles. The first-order chi connectivity index (χ1) is 8.02. The standard InChI is InChI=1S/C15H21FO/c1-3-12-6-7-15(17,9-12)10-13-8-14(16)5-4-11(13)2/h4-5,8,12,17H,3,6-7,9-10H2,1-2H3. The molecule has 2 heteroatoms. The molecule has 2 unspecified atom stereocenters. The lowest BCUT2D eigenvalue weighted by Gasteiger charge is -2.24. The zero-order valence-electron chi connectivity index (χ0n) is 10.7. The Morgan fingerprint density at radius 2 is 2.24 bits per heavy atom. The van der Waals surface area contributed by atoms with Crippen molar-refractivity contribution >= 4 is 0 Å². The molecular weight excluding hydrogens is 215 g/mol. The van der Waals surface area contributed by atoms with Crippen LogP contribution in [0.15, 0.2) is 18.2 Å². The smallest absolute Gasteiger partial charge is 0.123 e. The summed E-state index contributed by atoms with van der Waals surface area (Å²) < 4.78 is 13.2. The minimum Gasteiger partial charge on any atom is -0.390 e. The maximum absolute atomic E-state index is 13.2. The molecule has 1 aromatic carbocycles. The first kappa shape index (κ1) is 12.6. The lowest BCUT2D eigenvalue weighted by Crippen LogP contribution is -2.28. The van der Waals surface area contributed by atoms with Gasteiger partial charge in [0.2, 0.25) is 0 Å². The molecule has 0 aliphatic heterocycles. The van der Waals surface area contributed by atoms with Gasteiger partial charge in [0.25, 0.3) is 0 Å². The van der Waals surface area contributed by atoms with Crippen LogP contribution in [0.3, 0.4) is 0 Å². The Bertz CT molecular complexity index is 402. The van der Waals surface area contributed by atoms with Crippen LogP contribution in [0, 0.1) is 18.7 Å². The van der Waals surface area contributed by atoms with E-state index in [0.29, 0.717) is 12.3 Å². The van der Waals surface area contributed by atoms with Crippen molar-refractivity contribution in [3.63, 3.8) is 0 Å². The molecule has 1 N–H and O–H groups in total. The van der Waals surface area contributed by atoms with Crippen molar-refractivity contribution in [1.82, 2.24) is 0 Å². The van der Waals surface area contributed by atoms with Crippen molar-refractivity contribution in [1.29, 1.82) is 0 Å². The van der Waals surface area contributed by atoms with Gasteiger partial charge in [-0.05, 0) is 55.4 Å². The van der Waals surface area contributed by atoms with E-state index in [-0.39, 0.29) is 5.82 Å². The summed E-state index contributed by atoms with van der Waals surface area (Å²) in [5, 5.41) is 10.5. The number of aryl methyl sites for hydroxylation is 1. The second kappa shape index (κ2) is 4.77. The van der Waals surface area contributed by atoms with E-state index in [1.165, 1.54) is 6.07 Å². The fraction of sp³-hybridized carbons (Fsp3) is 0.600. The molecule has 1 aliphatic carbocycles. The molecule has 2 rings (SSSR count). The largest absolute Gasteiger partial charge is 0.390 e. The van der Waals surface area contributed by atoms with Gasteiger partial charge >= 0.3 is 0 Å². The summed E-state index contributed by atoms with van der Waals surface area (Å²) in [5.41, 5.74) is 1.41. The third-order valence-corrected chi connectivity index (χ3v) is 4.09. The summed E-state index contributed by atoms with van der Waals surface area (Å²) in [4.78, 5) is 0.